The van der Waals surface area contributed by atoms with Gasteiger partial charge in [0.2, 0.25) is 5.91 Å². The number of nitrogens with zero attached hydrogens (tertiary/aromatic N) is 2. The summed E-state index contributed by atoms with van der Waals surface area (Å²) in [7, 11) is 3.66. The SMILES string of the molecule is COc1ccc(-c2c(C3CCCC3)c3ccc(C(=O)NC4(C(=O)Nc5ccc(/C=C/C(=O)O)cc5)CCCC4)cc3n2C)nc1. The third-order valence-corrected chi connectivity index (χ3v) is 9.31. The molecule has 9 nitrogen and oxygen atoms in total. The number of carbonyl (C=O) groups is 3. The molecule has 3 N–H and O–H groups in total. The second-order valence-electron chi connectivity index (χ2n) is 12.1. The number of carboxylic acids is 1. The number of hydrogen-bond acceptors (Lipinski definition) is 5. The van der Waals surface area contributed by atoms with Gasteiger partial charge in [0.05, 0.1) is 24.7 Å². The molecule has 2 amide bonds. The largest absolute Gasteiger partial charge is 0.495 e. The zero-order chi connectivity index (χ0) is 31.6. The van der Waals surface area contributed by atoms with Crippen molar-refractivity contribution in [2.24, 2.45) is 7.05 Å². The van der Waals surface area contributed by atoms with Gasteiger partial charge in [-0.25, -0.2) is 4.79 Å². The number of rotatable bonds is 9. The Bertz CT molecular complexity index is 1760. The highest BCUT2D eigenvalue weighted by Gasteiger charge is 2.42. The smallest absolute Gasteiger partial charge is 0.328 e. The summed E-state index contributed by atoms with van der Waals surface area (Å²) in [6.07, 6.45) is 11.7. The standard InChI is InChI=1S/C36H38N4O5/c1-40-30-21-25(12-16-28(30)32(24-7-3-4-8-24)33(40)29-17-15-27(45-2)22-37-29)34(43)39-36(19-5-6-20-36)35(44)38-26-13-9-23(10-14-26)11-18-31(41)42/h9-18,21-22,24H,3-8,19-20H2,1-2H3,(H,38,44)(H,39,43)(H,41,42)/b18-11+. The van der Waals surface area contributed by atoms with Crippen molar-refractivity contribution < 1.29 is 24.2 Å². The Balaban J connectivity index is 1.28. The fraction of sp³-hybridized carbons (Fsp3) is 0.333. The van der Waals surface area contributed by atoms with E-state index in [-0.39, 0.29) is 11.8 Å². The lowest BCUT2D eigenvalue weighted by molar-refractivity contribution is -0.131. The highest BCUT2D eigenvalue weighted by atomic mass is 16.5. The third kappa shape index (κ3) is 6.07. The molecule has 0 spiro atoms. The average Bonchev–Trinajstić information content (AvgIpc) is 3.81. The first-order chi connectivity index (χ1) is 21.8. The van der Waals surface area contributed by atoms with E-state index in [0.717, 1.165) is 54.1 Å². The van der Waals surface area contributed by atoms with E-state index < -0.39 is 11.5 Å². The molecule has 2 aromatic carbocycles. The summed E-state index contributed by atoms with van der Waals surface area (Å²) in [4.78, 5) is 42.9. The van der Waals surface area contributed by atoms with Gasteiger partial charge in [-0.05, 0) is 85.2 Å². The minimum atomic E-state index is -1.03. The highest BCUT2D eigenvalue weighted by Crippen LogP contribution is 2.44. The van der Waals surface area contributed by atoms with E-state index in [1.54, 1.807) is 37.6 Å². The van der Waals surface area contributed by atoms with Crippen LogP contribution in [0.2, 0.25) is 0 Å². The van der Waals surface area contributed by atoms with Crippen molar-refractivity contribution in [3.05, 3.63) is 83.6 Å². The molecule has 4 aromatic rings. The second kappa shape index (κ2) is 12.6. The normalized spacial score (nSPS) is 16.3. The maximum atomic E-state index is 13.8. The fourth-order valence-corrected chi connectivity index (χ4v) is 6.96. The molecule has 0 atom stereocenters. The maximum Gasteiger partial charge on any atom is 0.328 e. The number of aryl methyl sites for hydroxylation is 1. The number of fused-ring (bicyclic) bond motifs is 1. The van der Waals surface area contributed by atoms with Crippen LogP contribution in [-0.2, 0) is 16.6 Å². The Morgan fingerprint density at radius 2 is 1.73 bits per heavy atom. The molecule has 9 heteroatoms. The van der Waals surface area contributed by atoms with Crippen LogP contribution in [-0.4, -0.2) is 45.1 Å². The van der Waals surface area contributed by atoms with E-state index in [4.69, 9.17) is 14.8 Å². The van der Waals surface area contributed by atoms with E-state index in [1.807, 2.05) is 37.4 Å². The topological polar surface area (TPSA) is 123 Å². The molecule has 2 fully saturated rings. The van der Waals surface area contributed by atoms with Gasteiger partial charge in [0.15, 0.2) is 0 Å². The molecular weight excluding hydrogens is 568 g/mol. The fourth-order valence-electron chi connectivity index (χ4n) is 6.96. The number of carboxylic acid groups (broad SMARTS) is 1. The van der Waals surface area contributed by atoms with Gasteiger partial charge in [0.25, 0.3) is 5.91 Å². The Morgan fingerprint density at radius 1 is 1.00 bits per heavy atom. The van der Waals surface area contributed by atoms with Gasteiger partial charge in [0.1, 0.15) is 11.3 Å². The number of aliphatic carboxylic acids is 1. The van der Waals surface area contributed by atoms with Crippen LogP contribution in [0.25, 0.3) is 28.4 Å². The van der Waals surface area contributed by atoms with Gasteiger partial charge in [0, 0.05) is 35.3 Å². The van der Waals surface area contributed by atoms with E-state index in [9.17, 15) is 14.4 Å². The van der Waals surface area contributed by atoms with Gasteiger partial charge >= 0.3 is 5.97 Å². The van der Waals surface area contributed by atoms with E-state index in [0.29, 0.717) is 41.3 Å². The summed E-state index contributed by atoms with van der Waals surface area (Å²) in [5, 5.41) is 16.1. The van der Waals surface area contributed by atoms with Crippen molar-refractivity contribution in [3.63, 3.8) is 0 Å². The van der Waals surface area contributed by atoms with Gasteiger partial charge in [-0.3, -0.25) is 14.6 Å². The number of methoxy groups -OCH3 is 1. The Morgan fingerprint density at radius 3 is 2.38 bits per heavy atom. The zero-order valence-electron chi connectivity index (χ0n) is 25.6. The first-order valence-corrected chi connectivity index (χ1v) is 15.6. The number of nitrogens with one attached hydrogen (secondary N) is 2. The number of benzene rings is 2. The molecule has 2 aromatic heterocycles. The Labute approximate surface area is 262 Å². The molecule has 2 aliphatic rings. The van der Waals surface area contributed by atoms with Crippen molar-refractivity contribution in [1.29, 1.82) is 0 Å². The monoisotopic (exact) mass is 606 g/mol. The van der Waals surface area contributed by atoms with Crippen LogP contribution in [0, 0.1) is 0 Å². The van der Waals surface area contributed by atoms with Crippen molar-refractivity contribution in [2.75, 3.05) is 12.4 Å². The number of amides is 2. The summed E-state index contributed by atoms with van der Waals surface area (Å²) in [5.74, 6) is -0.426. The van der Waals surface area contributed by atoms with Crippen molar-refractivity contribution in [1.82, 2.24) is 14.9 Å². The lowest BCUT2D eigenvalue weighted by Gasteiger charge is -2.29. The number of hydrogen-bond donors (Lipinski definition) is 3. The Kier molecular flexibility index (Phi) is 8.43. The molecule has 6 rings (SSSR count). The van der Waals surface area contributed by atoms with Crippen LogP contribution in [0.3, 0.4) is 0 Å². The predicted molar refractivity (Wildman–Crippen MR) is 174 cm³/mol. The van der Waals surface area contributed by atoms with Crippen molar-refractivity contribution >= 4 is 40.4 Å². The summed E-state index contributed by atoms with van der Waals surface area (Å²) < 4.78 is 7.48. The van der Waals surface area contributed by atoms with Gasteiger partial charge in [-0.2, -0.15) is 0 Å². The second-order valence-corrected chi connectivity index (χ2v) is 12.1. The zero-order valence-corrected chi connectivity index (χ0v) is 25.6. The summed E-state index contributed by atoms with van der Waals surface area (Å²) in [6.45, 7) is 0. The number of anilines is 1. The van der Waals surface area contributed by atoms with Crippen LogP contribution < -0.4 is 15.4 Å². The van der Waals surface area contributed by atoms with E-state index in [1.165, 1.54) is 24.5 Å². The van der Waals surface area contributed by atoms with Crippen LogP contribution in [0.5, 0.6) is 5.75 Å². The molecule has 232 valence electrons. The maximum absolute atomic E-state index is 13.8. The van der Waals surface area contributed by atoms with E-state index >= 15 is 0 Å². The molecule has 0 aliphatic heterocycles. The van der Waals surface area contributed by atoms with Gasteiger partial charge in [-0.15, -0.1) is 0 Å². The predicted octanol–water partition coefficient (Wildman–Crippen LogP) is 6.69. The minimum absolute atomic E-state index is 0.251. The van der Waals surface area contributed by atoms with Crippen LogP contribution in [0.1, 0.15) is 78.8 Å². The Hall–Kier alpha value is -4.92. The molecule has 0 radical (unpaired) electrons. The molecule has 0 unspecified atom stereocenters. The molecule has 2 heterocycles. The minimum Gasteiger partial charge on any atom is -0.495 e. The number of ether oxygens (including phenoxy) is 1. The van der Waals surface area contributed by atoms with Crippen LogP contribution in [0.15, 0.2) is 66.9 Å². The van der Waals surface area contributed by atoms with Crippen LogP contribution >= 0.6 is 0 Å². The van der Waals surface area contributed by atoms with Crippen molar-refractivity contribution in [3.8, 4) is 17.1 Å². The number of carbonyl (C=O) groups excluding carboxylic acids is 2. The van der Waals surface area contributed by atoms with Gasteiger partial charge in [-0.1, -0.05) is 43.9 Å². The summed E-state index contributed by atoms with van der Waals surface area (Å²) in [6, 6.07) is 16.7. The molecule has 0 bridgehead atoms. The van der Waals surface area contributed by atoms with E-state index in [2.05, 4.69) is 15.2 Å². The van der Waals surface area contributed by atoms with Crippen molar-refractivity contribution in [2.45, 2.75) is 62.8 Å². The number of pyridine rings is 1. The lowest BCUT2D eigenvalue weighted by atomic mass is 9.92. The highest BCUT2D eigenvalue weighted by molar-refractivity contribution is 6.05. The van der Waals surface area contributed by atoms with Gasteiger partial charge < -0.3 is 25.0 Å². The first kappa shape index (κ1) is 30.1. The molecule has 2 saturated carbocycles. The first-order valence-electron chi connectivity index (χ1n) is 15.6. The summed E-state index contributed by atoms with van der Waals surface area (Å²) >= 11 is 0. The van der Waals surface area contributed by atoms with Crippen LogP contribution in [0.4, 0.5) is 5.69 Å². The molecule has 45 heavy (non-hydrogen) atoms. The average molecular weight is 607 g/mol. The summed E-state index contributed by atoms with van der Waals surface area (Å²) in [5.41, 5.74) is 4.95. The molecular formula is C36H38N4O5. The number of aromatic nitrogens is 2. The third-order valence-electron chi connectivity index (χ3n) is 9.31. The molecule has 0 saturated heterocycles. The lowest BCUT2D eigenvalue weighted by Crippen LogP contribution is -2.55. The quantitative estimate of drug-likeness (QED) is 0.183. The molecule has 2 aliphatic carbocycles.